The second kappa shape index (κ2) is 9.48. The average molecular weight is 436 g/mol. The van der Waals surface area contributed by atoms with Crippen LogP contribution in [0.3, 0.4) is 0 Å². The van der Waals surface area contributed by atoms with Crippen LogP contribution in [0.2, 0.25) is 5.02 Å². The fraction of sp³-hybridized carbons (Fsp3) is 0.261. The number of rotatable bonds is 4. The molecule has 0 radical (unpaired) electrons. The Labute approximate surface area is 218 Å². The van der Waals surface area contributed by atoms with E-state index in [1.165, 1.54) is 5.69 Å². The number of halogens is 1. The van der Waals surface area contributed by atoms with Crippen molar-refractivity contribution in [2.75, 3.05) is 0 Å². The van der Waals surface area contributed by atoms with Gasteiger partial charge in [-0.05, 0) is 35.1 Å². The SMILES string of the molecule is CC1(C)Cc2c(-c3ccccc3)c(-c3ccc(Cl)cc3)c(CC(=O)[O-])n2C1.O.[K+]. The number of carboxylic acids is 1. The summed E-state index contributed by atoms with van der Waals surface area (Å²) >= 11 is 6.08. The molecule has 0 aliphatic carbocycles. The summed E-state index contributed by atoms with van der Waals surface area (Å²) in [6.45, 7) is 5.25. The number of hydrogen-bond donors (Lipinski definition) is 0. The number of nitrogens with zero attached hydrogens (tertiary/aromatic N) is 1. The predicted octanol–water partition coefficient (Wildman–Crippen LogP) is 0.529. The molecule has 6 heteroatoms. The van der Waals surface area contributed by atoms with Gasteiger partial charge >= 0.3 is 51.4 Å². The van der Waals surface area contributed by atoms with Crippen LogP contribution in [0.25, 0.3) is 22.3 Å². The van der Waals surface area contributed by atoms with Gasteiger partial charge in [0.25, 0.3) is 0 Å². The van der Waals surface area contributed by atoms with Gasteiger partial charge in [0, 0.05) is 46.5 Å². The van der Waals surface area contributed by atoms with Crippen LogP contribution in [-0.2, 0) is 24.2 Å². The van der Waals surface area contributed by atoms with Crippen LogP contribution < -0.4 is 56.5 Å². The van der Waals surface area contributed by atoms with Crippen LogP contribution in [-0.4, -0.2) is 16.0 Å². The number of benzene rings is 2. The van der Waals surface area contributed by atoms with Crippen molar-refractivity contribution in [2.24, 2.45) is 5.41 Å². The molecule has 0 saturated heterocycles. The van der Waals surface area contributed by atoms with Crippen molar-refractivity contribution >= 4 is 17.6 Å². The molecule has 1 aliphatic heterocycles. The third-order valence-corrected chi connectivity index (χ3v) is 5.47. The van der Waals surface area contributed by atoms with Crippen LogP contribution in [0.4, 0.5) is 0 Å². The minimum atomic E-state index is -1.06. The minimum absolute atomic E-state index is 0. The third-order valence-electron chi connectivity index (χ3n) is 5.22. The molecule has 0 amide bonds. The molecule has 0 saturated carbocycles. The Morgan fingerprint density at radius 2 is 1.62 bits per heavy atom. The Morgan fingerprint density at radius 1 is 1.03 bits per heavy atom. The summed E-state index contributed by atoms with van der Waals surface area (Å²) in [6, 6.07) is 17.8. The fourth-order valence-electron chi connectivity index (χ4n) is 4.20. The minimum Gasteiger partial charge on any atom is -0.550 e. The van der Waals surface area contributed by atoms with Crippen LogP contribution >= 0.6 is 11.6 Å². The first-order chi connectivity index (χ1) is 12.9. The molecule has 4 rings (SSSR count). The zero-order chi connectivity index (χ0) is 19.2. The van der Waals surface area contributed by atoms with Gasteiger partial charge in [0.2, 0.25) is 0 Å². The van der Waals surface area contributed by atoms with Crippen LogP contribution in [0.5, 0.6) is 0 Å². The smallest absolute Gasteiger partial charge is 0.550 e. The Morgan fingerprint density at radius 3 is 2.21 bits per heavy atom. The maximum absolute atomic E-state index is 11.6. The van der Waals surface area contributed by atoms with Gasteiger partial charge in [-0.2, -0.15) is 0 Å². The van der Waals surface area contributed by atoms with E-state index in [1.807, 2.05) is 42.5 Å². The van der Waals surface area contributed by atoms with Crippen molar-refractivity contribution in [3.05, 3.63) is 71.0 Å². The average Bonchev–Trinajstić information content (AvgIpc) is 3.07. The van der Waals surface area contributed by atoms with E-state index in [0.29, 0.717) is 5.02 Å². The predicted molar refractivity (Wildman–Crippen MR) is 110 cm³/mol. The van der Waals surface area contributed by atoms with Gasteiger partial charge in [0.05, 0.1) is 0 Å². The molecular formula is C23H23ClKNO3. The largest absolute Gasteiger partial charge is 1.00 e. The quantitative estimate of drug-likeness (QED) is 0.560. The Hall–Kier alpha value is -0.924. The molecule has 0 bridgehead atoms. The van der Waals surface area contributed by atoms with E-state index >= 15 is 0 Å². The number of aliphatic carboxylic acids is 1. The van der Waals surface area contributed by atoms with Crippen LogP contribution in [0.15, 0.2) is 54.6 Å². The summed E-state index contributed by atoms with van der Waals surface area (Å²) in [7, 11) is 0. The molecule has 29 heavy (non-hydrogen) atoms. The number of fused-ring (bicyclic) bond motifs is 1. The number of carbonyl (C=O) groups excluding carboxylic acids is 1. The van der Waals surface area contributed by atoms with Gasteiger partial charge in [0.15, 0.2) is 0 Å². The maximum Gasteiger partial charge on any atom is 1.00 e. The third kappa shape index (κ3) is 4.88. The number of carbonyl (C=O) groups is 1. The summed E-state index contributed by atoms with van der Waals surface area (Å²) < 4.78 is 2.20. The Kier molecular flexibility index (Phi) is 7.96. The van der Waals surface area contributed by atoms with Crippen molar-refractivity contribution < 1.29 is 66.8 Å². The molecule has 0 unspecified atom stereocenters. The molecule has 1 aliphatic rings. The summed E-state index contributed by atoms with van der Waals surface area (Å²) in [5, 5.41) is 12.2. The zero-order valence-electron chi connectivity index (χ0n) is 17.0. The number of aromatic nitrogens is 1. The second-order valence-electron chi connectivity index (χ2n) is 7.99. The molecular weight excluding hydrogens is 413 g/mol. The van der Waals surface area contributed by atoms with E-state index in [9.17, 15) is 9.90 Å². The fourth-order valence-corrected chi connectivity index (χ4v) is 4.32. The van der Waals surface area contributed by atoms with Crippen molar-refractivity contribution in [3.8, 4) is 22.3 Å². The molecule has 3 aromatic rings. The van der Waals surface area contributed by atoms with E-state index in [-0.39, 0.29) is 68.7 Å². The van der Waals surface area contributed by atoms with Crippen molar-refractivity contribution in [1.82, 2.24) is 4.57 Å². The first-order valence-corrected chi connectivity index (χ1v) is 9.49. The van der Waals surface area contributed by atoms with Crippen LogP contribution in [0.1, 0.15) is 25.2 Å². The molecule has 0 fully saturated rings. The molecule has 146 valence electrons. The van der Waals surface area contributed by atoms with Gasteiger partial charge in [-0.3, -0.25) is 0 Å². The molecule has 2 heterocycles. The van der Waals surface area contributed by atoms with Gasteiger partial charge in [0.1, 0.15) is 0 Å². The van der Waals surface area contributed by atoms with E-state index in [4.69, 9.17) is 11.6 Å². The summed E-state index contributed by atoms with van der Waals surface area (Å²) in [5.41, 5.74) is 6.30. The number of carboxylic acid groups (broad SMARTS) is 1. The topological polar surface area (TPSA) is 76.6 Å². The second-order valence-corrected chi connectivity index (χ2v) is 8.43. The standard InChI is InChI=1S/C23H22ClNO2.K.H2O/c1-23(2)13-19-22(15-6-4-3-5-7-15)21(16-8-10-17(24)11-9-16)18(12-20(26)27)25(19)14-23;;/h3-11H,12-14H2,1-2H3,(H,26,27);;1H2/q;+1;/p-1. The van der Waals surface area contributed by atoms with E-state index in [2.05, 4.69) is 30.5 Å². The summed E-state index contributed by atoms with van der Waals surface area (Å²) in [4.78, 5) is 11.6. The van der Waals surface area contributed by atoms with Gasteiger partial charge in [-0.1, -0.05) is 67.9 Å². The van der Waals surface area contributed by atoms with E-state index in [0.717, 1.165) is 40.9 Å². The van der Waals surface area contributed by atoms with Crippen LogP contribution in [0, 0.1) is 5.41 Å². The molecule has 0 atom stereocenters. The maximum atomic E-state index is 11.6. The van der Waals surface area contributed by atoms with E-state index in [1.54, 1.807) is 0 Å². The molecule has 2 N–H and O–H groups in total. The zero-order valence-corrected chi connectivity index (χ0v) is 20.8. The number of hydrogen-bond acceptors (Lipinski definition) is 2. The summed E-state index contributed by atoms with van der Waals surface area (Å²) in [5.74, 6) is -1.06. The summed E-state index contributed by atoms with van der Waals surface area (Å²) in [6.07, 6.45) is 0.804. The monoisotopic (exact) mass is 435 g/mol. The van der Waals surface area contributed by atoms with Crippen molar-refractivity contribution in [2.45, 2.75) is 33.2 Å². The van der Waals surface area contributed by atoms with Gasteiger partial charge in [-0.25, -0.2) is 0 Å². The normalized spacial score (nSPS) is 13.9. The molecule has 1 aromatic heterocycles. The Balaban J connectivity index is 0.00000150. The first kappa shape index (κ1) is 24.3. The first-order valence-electron chi connectivity index (χ1n) is 9.11. The van der Waals surface area contributed by atoms with Gasteiger partial charge in [-0.15, -0.1) is 0 Å². The molecule has 4 nitrogen and oxygen atoms in total. The van der Waals surface area contributed by atoms with Gasteiger partial charge < -0.3 is 19.9 Å². The molecule has 2 aromatic carbocycles. The van der Waals surface area contributed by atoms with E-state index < -0.39 is 5.97 Å². The Bertz CT molecular complexity index is 1010. The van der Waals surface area contributed by atoms with Crippen molar-refractivity contribution in [1.29, 1.82) is 0 Å². The molecule has 0 spiro atoms. The van der Waals surface area contributed by atoms with Crippen molar-refractivity contribution in [3.63, 3.8) is 0 Å².